The molecule has 1 rings (SSSR count). The Balaban J connectivity index is 3.13. The number of carbonyl (C=O) groups is 1. The summed E-state index contributed by atoms with van der Waals surface area (Å²) in [6.45, 7) is 0. The Bertz CT molecular complexity index is 466. The van der Waals surface area contributed by atoms with E-state index < -0.39 is 41.2 Å². The fourth-order valence-electron chi connectivity index (χ4n) is 0.783. The molecule has 0 atom stereocenters. The van der Waals surface area contributed by atoms with Gasteiger partial charge in [-0.05, 0) is 0 Å². The average molecular weight is 262 g/mol. The van der Waals surface area contributed by atoms with E-state index in [9.17, 15) is 35.5 Å². The van der Waals surface area contributed by atoms with Gasteiger partial charge in [0.05, 0.1) is 0 Å². The zero-order valence-electron chi connectivity index (χ0n) is 7.54. The lowest BCUT2D eigenvalue weighted by Gasteiger charge is -2.08. The van der Waals surface area contributed by atoms with E-state index in [4.69, 9.17) is 0 Å². The molecule has 0 heterocycles. The summed E-state index contributed by atoms with van der Waals surface area (Å²) in [5.74, 6) is -13.4. The van der Waals surface area contributed by atoms with Crippen LogP contribution in [0.25, 0.3) is 0 Å². The van der Waals surface area contributed by atoms with E-state index in [1.165, 1.54) is 0 Å². The smallest absolute Gasteiger partial charge is 0.416 e. The standard InChI is InChI=1S/C8HF7O2/c9-2-1-3(5(11)6(12)4(2)10)17-7(16)8(13,14)15/h1H. The van der Waals surface area contributed by atoms with Gasteiger partial charge in [0.25, 0.3) is 0 Å². The topological polar surface area (TPSA) is 26.3 Å². The van der Waals surface area contributed by atoms with Crippen molar-refractivity contribution in [3.05, 3.63) is 29.3 Å². The van der Waals surface area contributed by atoms with E-state index in [1.54, 1.807) is 0 Å². The molecule has 94 valence electrons. The zero-order chi connectivity index (χ0) is 13.4. The number of carbonyl (C=O) groups excluding carboxylic acids is 1. The van der Waals surface area contributed by atoms with E-state index in [0.29, 0.717) is 0 Å². The Hall–Kier alpha value is -1.80. The molecule has 0 fully saturated rings. The van der Waals surface area contributed by atoms with Crippen LogP contribution in [0.4, 0.5) is 30.7 Å². The normalized spacial score (nSPS) is 11.5. The summed E-state index contributed by atoms with van der Waals surface area (Å²) in [7, 11) is 0. The van der Waals surface area contributed by atoms with Crippen molar-refractivity contribution in [1.82, 2.24) is 0 Å². The third-order valence-electron chi connectivity index (χ3n) is 1.50. The Labute approximate surface area is 88.6 Å². The van der Waals surface area contributed by atoms with Gasteiger partial charge in [-0.15, -0.1) is 0 Å². The van der Waals surface area contributed by atoms with Crippen molar-refractivity contribution in [3.8, 4) is 5.75 Å². The van der Waals surface area contributed by atoms with E-state index >= 15 is 0 Å². The molecule has 0 spiro atoms. The number of ether oxygens (including phenoxy) is 1. The number of hydrogen-bond acceptors (Lipinski definition) is 2. The van der Waals surface area contributed by atoms with Gasteiger partial charge >= 0.3 is 12.1 Å². The number of halogens is 7. The maximum atomic E-state index is 12.8. The SMILES string of the molecule is O=C(Oc1cc(F)c(F)c(F)c1F)C(F)(F)F. The number of hydrogen-bond donors (Lipinski definition) is 0. The second-order valence-electron chi connectivity index (χ2n) is 2.69. The minimum absolute atomic E-state index is 0.211. The molecule has 0 radical (unpaired) electrons. The number of benzene rings is 1. The molecular formula is C8HF7O2. The number of esters is 1. The van der Waals surface area contributed by atoms with Gasteiger partial charge in [0.1, 0.15) is 0 Å². The molecule has 0 saturated heterocycles. The largest absolute Gasteiger partial charge is 0.491 e. The summed E-state index contributed by atoms with van der Waals surface area (Å²) in [6, 6.07) is -0.211. The Kier molecular flexibility index (Phi) is 3.30. The molecule has 2 nitrogen and oxygen atoms in total. The Morgan fingerprint density at radius 1 is 1.00 bits per heavy atom. The molecule has 0 aliphatic rings. The van der Waals surface area contributed by atoms with Crippen LogP contribution in [0.3, 0.4) is 0 Å². The van der Waals surface area contributed by atoms with Gasteiger partial charge < -0.3 is 4.74 Å². The van der Waals surface area contributed by atoms with Gasteiger partial charge in [-0.1, -0.05) is 0 Å². The van der Waals surface area contributed by atoms with Crippen molar-refractivity contribution in [2.45, 2.75) is 6.18 Å². The number of rotatable bonds is 1. The molecule has 17 heavy (non-hydrogen) atoms. The van der Waals surface area contributed by atoms with Crippen LogP contribution in [-0.2, 0) is 4.79 Å². The second-order valence-corrected chi connectivity index (χ2v) is 2.69. The van der Waals surface area contributed by atoms with Crippen molar-refractivity contribution in [1.29, 1.82) is 0 Å². The van der Waals surface area contributed by atoms with Crippen LogP contribution >= 0.6 is 0 Å². The minimum atomic E-state index is -5.48. The van der Waals surface area contributed by atoms with Gasteiger partial charge in [-0.25, -0.2) is 18.0 Å². The lowest BCUT2D eigenvalue weighted by molar-refractivity contribution is -0.189. The van der Waals surface area contributed by atoms with E-state index in [1.807, 2.05) is 0 Å². The lowest BCUT2D eigenvalue weighted by Crippen LogP contribution is -2.28. The molecule has 0 unspecified atom stereocenters. The summed E-state index contributed by atoms with van der Waals surface area (Å²) in [5, 5.41) is 0. The van der Waals surface area contributed by atoms with Crippen LogP contribution < -0.4 is 4.74 Å². The molecule has 9 heteroatoms. The zero-order valence-corrected chi connectivity index (χ0v) is 7.54. The Morgan fingerprint density at radius 3 is 2.00 bits per heavy atom. The van der Waals surface area contributed by atoms with Crippen LogP contribution in [0.15, 0.2) is 6.07 Å². The first-order chi connectivity index (χ1) is 7.64. The van der Waals surface area contributed by atoms with Gasteiger partial charge in [0.2, 0.25) is 11.6 Å². The van der Waals surface area contributed by atoms with Gasteiger partial charge in [-0.2, -0.15) is 17.6 Å². The predicted octanol–water partition coefficient (Wildman–Crippen LogP) is 2.71. The van der Waals surface area contributed by atoms with Crippen molar-refractivity contribution in [2.24, 2.45) is 0 Å². The van der Waals surface area contributed by atoms with Gasteiger partial charge in [0, 0.05) is 6.07 Å². The van der Waals surface area contributed by atoms with Crippen LogP contribution in [0.2, 0.25) is 0 Å². The average Bonchev–Trinajstić information content (AvgIpc) is 2.21. The highest BCUT2D eigenvalue weighted by atomic mass is 19.4. The fourth-order valence-corrected chi connectivity index (χ4v) is 0.783. The van der Waals surface area contributed by atoms with Crippen molar-refractivity contribution in [3.63, 3.8) is 0 Å². The molecular weight excluding hydrogens is 261 g/mol. The van der Waals surface area contributed by atoms with E-state index in [-0.39, 0.29) is 6.07 Å². The van der Waals surface area contributed by atoms with Crippen LogP contribution in [0.5, 0.6) is 5.75 Å². The predicted molar refractivity (Wildman–Crippen MR) is 38.0 cm³/mol. The third kappa shape index (κ3) is 2.66. The first-order valence-corrected chi connectivity index (χ1v) is 3.76. The van der Waals surface area contributed by atoms with Crippen molar-refractivity contribution >= 4 is 5.97 Å². The first-order valence-electron chi connectivity index (χ1n) is 3.76. The fraction of sp³-hybridized carbons (Fsp3) is 0.125. The molecule has 0 bridgehead atoms. The van der Waals surface area contributed by atoms with Crippen molar-refractivity contribution in [2.75, 3.05) is 0 Å². The minimum Gasteiger partial charge on any atom is -0.416 e. The van der Waals surface area contributed by atoms with Crippen LogP contribution in [-0.4, -0.2) is 12.1 Å². The van der Waals surface area contributed by atoms with Crippen LogP contribution in [0, 0.1) is 23.3 Å². The summed E-state index contributed by atoms with van der Waals surface area (Å²) in [6.07, 6.45) is -5.48. The van der Waals surface area contributed by atoms with E-state index in [2.05, 4.69) is 4.74 Å². The molecule has 0 amide bonds. The van der Waals surface area contributed by atoms with Gasteiger partial charge in [-0.3, -0.25) is 0 Å². The second kappa shape index (κ2) is 4.22. The maximum absolute atomic E-state index is 12.8. The summed E-state index contributed by atoms with van der Waals surface area (Å²) in [4.78, 5) is 10.2. The summed E-state index contributed by atoms with van der Waals surface area (Å²) in [5.41, 5.74) is 0. The van der Waals surface area contributed by atoms with Crippen LogP contribution in [0.1, 0.15) is 0 Å². The maximum Gasteiger partial charge on any atom is 0.491 e. The lowest BCUT2D eigenvalue weighted by atomic mass is 10.3. The quantitative estimate of drug-likeness (QED) is 0.256. The molecule has 0 N–H and O–H groups in total. The van der Waals surface area contributed by atoms with E-state index in [0.717, 1.165) is 0 Å². The highest BCUT2D eigenvalue weighted by Crippen LogP contribution is 2.27. The molecule has 1 aromatic rings. The van der Waals surface area contributed by atoms with Gasteiger partial charge in [0.15, 0.2) is 17.4 Å². The molecule has 0 aliphatic heterocycles. The molecule has 1 aromatic carbocycles. The first kappa shape index (κ1) is 13.3. The highest BCUT2D eigenvalue weighted by Gasteiger charge is 2.42. The summed E-state index contributed by atoms with van der Waals surface area (Å²) < 4.78 is 88.6. The molecule has 0 aliphatic carbocycles. The van der Waals surface area contributed by atoms with Crippen molar-refractivity contribution < 1.29 is 40.3 Å². The number of alkyl halides is 3. The monoisotopic (exact) mass is 262 g/mol. The molecule has 0 aromatic heterocycles. The third-order valence-corrected chi connectivity index (χ3v) is 1.50. The highest BCUT2D eigenvalue weighted by molar-refractivity contribution is 5.78. The Morgan fingerprint density at radius 2 is 1.53 bits per heavy atom. The molecule has 0 saturated carbocycles. The summed E-state index contributed by atoms with van der Waals surface area (Å²) >= 11 is 0.